The van der Waals surface area contributed by atoms with Crippen LogP contribution in [0.3, 0.4) is 0 Å². The van der Waals surface area contributed by atoms with Crippen LogP contribution in [-0.4, -0.2) is 34.8 Å². The van der Waals surface area contributed by atoms with E-state index in [1.165, 1.54) is 4.90 Å². The predicted octanol–water partition coefficient (Wildman–Crippen LogP) is 7.33. The van der Waals surface area contributed by atoms with Crippen LogP contribution in [0.1, 0.15) is 38.2 Å². The van der Waals surface area contributed by atoms with Gasteiger partial charge in [0, 0.05) is 33.4 Å². The van der Waals surface area contributed by atoms with Gasteiger partial charge in [-0.15, -0.1) is 11.6 Å². The zero-order valence-electron chi connectivity index (χ0n) is 17.2. The maximum Gasteiger partial charge on any atom is 0.332 e. The molecule has 1 aliphatic rings. The fourth-order valence-electron chi connectivity index (χ4n) is 3.90. The maximum absolute atomic E-state index is 13.6. The van der Waals surface area contributed by atoms with Crippen molar-refractivity contribution in [3.8, 4) is 0 Å². The zero-order valence-corrected chi connectivity index (χ0v) is 21.1. The van der Waals surface area contributed by atoms with Crippen molar-refractivity contribution in [2.24, 2.45) is 0 Å². The number of benzene rings is 2. The first-order valence-electron chi connectivity index (χ1n) is 10.2. The van der Waals surface area contributed by atoms with Crippen LogP contribution in [0.5, 0.6) is 0 Å². The van der Waals surface area contributed by atoms with Crippen molar-refractivity contribution in [1.29, 1.82) is 0 Å². The van der Waals surface area contributed by atoms with Gasteiger partial charge in [-0.1, -0.05) is 64.1 Å². The van der Waals surface area contributed by atoms with Crippen LogP contribution in [0.15, 0.2) is 46.9 Å². The Morgan fingerprint density at radius 1 is 0.935 bits per heavy atom. The fourth-order valence-corrected chi connectivity index (χ4v) is 4.87. The molecule has 0 radical (unpaired) electrons. The summed E-state index contributed by atoms with van der Waals surface area (Å²) in [4.78, 5) is 30.0. The Kier molecular flexibility index (Phi) is 8.31. The van der Waals surface area contributed by atoms with Crippen molar-refractivity contribution in [1.82, 2.24) is 4.90 Å². The van der Waals surface area contributed by atoms with Gasteiger partial charge in [0.25, 0.3) is 5.91 Å². The number of nitrogens with zero attached hydrogens (tertiary/aromatic N) is 2. The Hall–Kier alpha value is -1.27. The van der Waals surface area contributed by atoms with Crippen LogP contribution in [-0.2, 0) is 11.2 Å². The number of hydrogen-bond donors (Lipinski definition) is 0. The van der Waals surface area contributed by atoms with E-state index in [4.69, 9.17) is 34.8 Å². The second kappa shape index (κ2) is 10.6. The van der Waals surface area contributed by atoms with Gasteiger partial charge in [-0.05, 0) is 55.7 Å². The Morgan fingerprint density at radius 3 is 2.16 bits per heavy atom. The van der Waals surface area contributed by atoms with E-state index in [9.17, 15) is 9.59 Å². The average Bonchev–Trinajstić information content (AvgIpc) is 2.89. The minimum absolute atomic E-state index is 0.278. The number of rotatable bonds is 9. The number of hydrogen-bond acceptors (Lipinski definition) is 2. The summed E-state index contributed by atoms with van der Waals surface area (Å²) in [5.41, 5.74) is 0.357. The monoisotopic (exact) mass is 544 g/mol. The van der Waals surface area contributed by atoms with Crippen molar-refractivity contribution < 1.29 is 9.59 Å². The standard InChI is InChI=1S/C23H24BrCl3N2O2/c1-23(15-16-6-8-17(24)9-7-16)21(30)29(20-13-18(26)12-19(27)14-20)22(31)28(23)11-5-3-2-4-10-25/h6-9,12-14H,2-5,10-11,15H2,1H3/t23-/m1/s1. The van der Waals surface area contributed by atoms with Crippen LogP contribution >= 0.6 is 50.7 Å². The molecule has 1 heterocycles. The van der Waals surface area contributed by atoms with Crippen LogP contribution in [0, 0.1) is 0 Å². The van der Waals surface area contributed by atoms with Crippen molar-refractivity contribution in [2.75, 3.05) is 17.3 Å². The Labute approximate surface area is 206 Å². The summed E-state index contributed by atoms with van der Waals surface area (Å²) >= 11 is 21.5. The van der Waals surface area contributed by atoms with E-state index >= 15 is 0 Å². The second-order valence-corrected chi connectivity index (χ2v) is 10.0. The lowest BCUT2D eigenvalue weighted by atomic mass is 9.91. The lowest BCUT2D eigenvalue weighted by molar-refractivity contribution is -0.124. The molecule has 1 atom stereocenters. The van der Waals surface area contributed by atoms with Crippen molar-refractivity contribution >= 4 is 68.4 Å². The minimum atomic E-state index is -1.01. The SMILES string of the molecule is C[C@@]1(Cc2ccc(Br)cc2)C(=O)N(c2cc(Cl)cc(Cl)c2)C(=O)N1CCCCCCCl. The van der Waals surface area contributed by atoms with Gasteiger partial charge in [0.15, 0.2) is 0 Å². The van der Waals surface area contributed by atoms with Crippen LogP contribution < -0.4 is 4.90 Å². The molecular formula is C23H24BrCl3N2O2. The number of anilines is 1. The third-order valence-corrected chi connectivity index (χ3v) is 6.75. The lowest BCUT2D eigenvalue weighted by Gasteiger charge is -2.32. The van der Waals surface area contributed by atoms with Gasteiger partial charge < -0.3 is 4.90 Å². The number of unbranched alkanes of at least 4 members (excludes halogenated alkanes) is 3. The number of alkyl halides is 1. The normalized spacial score (nSPS) is 18.9. The summed E-state index contributed by atoms with van der Waals surface area (Å²) < 4.78 is 0.960. The molecule has 0 aromatic heterocycles. The maximum atomic E-state index is 13.6. The molecule has 166 valence electrons. The molecule has 2 aromatic rings. The van der Waals surface area contributed by atoms with Gasteiger partial charge in [-0.3, -0.25) is 4.79 Å². The molecule has 0 unspecified atom stereocenters. The molecule has 1 aliphatic heterocycles. The number of urea groups is 1. The predicted molar refractivity (Wildman–Crippen MR) is 131 cm³/mol. The highest BCUT2D eigenvalue weighted by Gasteiger charge is 2.54. The third kappa shape index (κ3) is 5.57. The molecule has 31 heavy (non-hydrogen) atoms. The van der Waals surface area contributed by atoms with E-state index in [0.29, 0.717) is 34.6 Å². The molecule has 0 N–H and O–H groups in total. The quantitative estimate of drug-likeness (QED) is 0.188. The van der Waals surface area contributed by atoms with E-state index < -0.39 is 5.54 Å². The fraction of sp³-hybridized carbons (Fsp3) is 0.391. The number of carbonyl (C=O) groups excluding carboxylic acids is 2. The molecule has 4 nitrogen and oxygen atoms in total. The molecular weight excluding hydrogens is 523 g/mol. The summed E-state index contributed by atoms with van der Waals surface area (Å²) in [5, 5.41) is 0.745. The van der Waals surface area contributed by atoms with Crippen molar-refractivity contribution in [3.05, 3.63) is 62.5 Å². The van der Waals surface area contributed by atoms with E-state index in [0.717, 1.165) is 35.7 Å². The first-order valence-corrected chi connectivity index (χ1v) is 12.3. The lowest BCUT2D eigenvalue weighted by Crippen LogP contribution is -2.49. The van der Waals surface area contributed by atoms with Gasteiger partial charge in [0.2, 0.25) is 0 Å². The molecule has 0 bridgehead atoms. The topological polar surface area (TPSA) is 40.6 Å². The molecule has 8 heteroatoms. The van der Waals surface area contributed by atoms with Crippen LogP contribution in [0.25, 0.3) is 0 Å². The Balaban J connectivity index is 1.92. The summed E-state index contributed by atoms with van der Waals surface area (Å²) in [7, 11) is 0. The Morgan fingerprint density at radius 2 is 1.55 bits per heavy atom. The molecule has 3 amide bonds. The minimum Gasteiger partial charge on any atom is -0.309 e. The number of amides is 3. The highest BCUT2D eigenvalue weighted by molar-refractivity contribution is 9.10. The van der Waals surface area contributed by atoms with Gasteiger partial charge in [-0.2, -0.15) is 0 Å². The summed E-state index contributed by atoms with van der Waals surface area (Å²) in [6, 6.07) is 12.2. The third-order valence-electron chi connectivity index (χ3n) is 5.51. The molecule has 0 spiro atoms. The molecule has 1 fully saturated rings. The first kappa shape index (κ1) is 24.4. The average molecular weight is 547 g/mol. The van der Waals surface area contributed by atoms with Gasteiger partial charge in [-0.25, -0.2) is 9.69 Å². The largest absolute Gasteiger partial charge is 0.332 e. The summed E-state index contributed by atoms with van der Waals surface area (Å²) in [5.74, 6) is 0.352. The molecule has 0 aliphatic carbocycles. The second-order valence-electron chi connectivity index (χ2n) is 7.88. The van der Waals surface area contributed by atoms with E-state index in [-0.39, 0.29) is 11.9 Å². The van der Waals surface area contributed by atoms with E-state index in [2.05, 4.69) is 15.9 Å². The van der Waals surface area contributed by atoms with Crippen molar-refractivity contribution in [3.63, 3.8) is 0 Å². The van der Waals surface area contributed by atoms with Gasteiger partial charge >= 0.3 is 6.03 Å². The zero-order chi connectivity index (χ0) is 22.6. The molecule has 3 rings (SSSR count). The summed E-state index contributed by atoms with van der Waals surface area (Å²) in [6.07, 6.45) is 4.10. The highest BCUT2D eigenvalue weighted by atomic mass is 79.9. The van der Waals surface area contributed by atoms with Gasteiger partial charge in [0.1, 0.15) is 5.54 Å². The van der Waals surface area contributed by atoms with Gasteiger partial charge in [0.05, 0.1) is 5.69 Å². The Bertz CT molecular complexity index is 934. The smallest absolute Gasteiger partial charge is 0.309 e. The van der Waals surface area contributed by atoms with Crippen LogP contribution in [0.4, 0.5) is 10.5 Å². The van der Waals surface area contributed by atoms with E-state index in [1.807, 2.05) is 31.2 Å². The van der Waals surface area contributed by atoms with E-state index in [1.54, 1.807) is 23.1 Å². The molecule has 0 saturated carbocycles. The molecule has 2 aromatic carbocycles. The first-order chi connectivity index (χ1) is 14.8. The summed E-state index contributed by atoms with van der Waals surface area (Å²) in [6.45, 7) is 2.32. The number of imide groups is 1. The van der Waals surface area contributed by atoms with Crippen molar-refractivity contribution in [2.45, 2.75) is 44.6 Å². The highest BCUT2D eigenvalue weighted by Crippen LogP contribution is 2.37. The number of carbonyl (C=O) groups is 2. The molecule has 1 saturated heterocycles. The number of halogens is 4. The van der Waals surface area contributed by atoms with Crippen LogP contribution in [0.2, 0.25) is 10.0 Å².